The van der Waals surface area contributed by atoms with Gasteiger partial charge in [-0.05, 0) is 19.9 Å². The molecule has 0 bridgehead atoms. The van der Waals surface area contributed by atoms with E-state index in [9.17, 15) is 9.59 Å². The number of carbonyl (C=O) groups excluding carboxylic acids is 2. The number of nitrogens with two attached hydrogens (primary N) is 2. The van der Waals surface area contributed by atoms with Crippen molar-refractivity contribution in [1.29, 1.82) is 0 Å². The summed E-state index contributed by atoms with van der Waals surface area (Å²) >= 11 is 1.28. The van der Waals surface area contributed by atoms with E-state index in [4.69, 9.17) is 11.5 Å². The number of nitrogen functional groups attached to an aromatic ring is 1. The molecule has 2 amide bonds. The maximum absolute atomic E-state index is 11.9. The summed E-state index contributed by atoms with van der Waals surface area (Å²) in [6, 6.07) is 1.88. The lowest BCUT2D eigenvalue weighted by atomic mass is 10.2. The lowest BCUT2D eigenvalue weighted by Gasteiger charge is -2.01. The van der Waals surface area contributed by atoms with Crippen LogP contribution in [0.25, 0.3) is 10.1 Å². The SMILES string of the molecule is Cc1cc2sc(C(=O)NCC(N)=O)c(N)c2c(C)n1. The minimum atomic E-state index is -0.596. The molecule has 0 saturated carbocycles. The highest BCUT2D eigenvalue weighted by Gasteiger charge is 2.18. The summed E-state index contributed by atoms with van der Waals surface area (Å²) in [4.78, 5) is 27.3. The predicted octanol–water partition coefficient (Wildman–Crippen LogP) is 0.710. The van der Waals surface area contributed by atoms with Crippen molar-refractivity contribution in [2.45, 2.75) is 13.8 Å². The van der Waals surface area contributed by atoms with E-state index in [1.807, 2.05) is 19.9 Å². The molecule has 0 saturated heterocycles. The Hall–Kier alpha value is -2.15. The third-order valence-corrected chi connectivity index (χ3v) is 3.80. The van der Waals surface area contributed by atoms with Crippen LogP contribution in [-0.4, -0.2) is 23.3 Å². The van der Waals surface area contributed by atoms with Gasteiger partial charge in [0.2, 0.25) is 5.91 Å². The molecular weight excluding hydrogens is 264 g/mol. The van der Waals surface area contributed by atoms with Crippen LogP contribution in [0.2, 0.25) is 0 Å². The zero-order valence-electron chi connectivity index (χ0n) is 10.6. The van der Waals surface area contributed by atoms with Gasteiger partial charge in [0.1, 0.15) is 4.88 Å². The molecule has 2 aromatic heterocycles. The van der Waals surface area contributed by atoms with E-state index in [2.05, 4.69) is 10.3 Å². The average molecular weight is 278 g/mol. The average Bonchev–Trinajstić information content (AvgIpc) is 2.63. The molecule has 0 unspecified atom stereocenters. The van der Waals surface area contributed by atoms with Crippen LogP contribution in [0.5, 0.6) is 0 Å². The van der Waals surface area contributed by atoms with Crippen LogP contribution in [0.1, 0.15) is 21.1 Å². The maximum Gasteiger partial charge on any atom is 0.263 e. The van der Waals surface area contributed by atoms with Crippen molar-refractivity contribution in [3.05, 3.63) is 22.3 Å². The van der Waals surface area contributed by atoms with E-state index in [0.717, 1.165) is 21.5 Å². The summed E-state index contributed by atoms with van der Waals surface area (Å²) in [6.07, 6.45) is 0. The van der Waals surface area contributed by atoms with Gasteiger partial charge in [-0.3, -0.25) is 14.6 Å². The number of hydrogen-bond donors (Lipinski definition) is 3. The first-order chi connectivity index (χ1) is 8.90. The van der Waals surface area contributed by atoms with E-state index in [1.54, 1.807) is 0 Å². The largest absolute Gasteiger partial charge is 0.397 e. The van der Waals surface area contributed by atoms with Gasteiger partial charge >= 0.3 is 0 Å². The number of amides is 2. The second-order valence-electron chi connectivity index (χ2n) is 4.22. The Bertz CT molecular complexity index is 678. The van der Waals surface area contributed by atoms with Crippen molar-refractivity contribution in [3.63, 3.8) is 0 Å². The van der Waals surface area contributed by atoms with Crippen molar-refractivity contribution < 1.29 is 9.59 Å². The number of aryl methyl sites for hydroxylation is 2. The molecule has 0 atom stereocenters. The van der Waals surface area contributed by atoms with Gasteiger partial charge in [0.05, 0.1) is 12.2 Å². The number of nitrogens with one attached hydrogen (secondary N) is 1. The number of nitrogens with zero attached hydrogens (tertiary/aromatic N) is 1. The molecular formula is C12H14N4O2S. The quantitative estimate of drug-likeness (QED) is 0.767. The molecule has 5 N–H and O–H groups in total. The number of aromatic nitrogens is 1. The highest BCUT2D eigenvalue weighted by Crippen LogP contribution is 2.35. The maximum atomic E-state index is 11.9. The Labute approximate surface area is 113 Å². The summed E-state index contributed by atoms with van der Waals surface area (Å²) in [6.45, 7) is 3.53. The van der Waals surface area contributed by atoms with Gasteiger partial charge in [0, 0.05) is 21.5 Å². The first-order valence-electron chi connectivity index (χ1n) is 5.63. The molecule has 100 valence electrons. The molecule has 0 aliphatic rings. The van der Waals surface area contributed by atoms with E-state index in [1.165, 1.54) is 11.3 Å². The van der Waals surface area contributed by atoms with Crippen molar-refractivity contribution in [1.82, 2.24) is 10.3 Å². The molecule has 2 aromatic rings. The molecule has 0 spiro atoms. The molecule has 2 rings (SSSR count). The van der Waals surface area contributed by atoms with Gasteiger partial charge < -0.3 is 16.8 Å². The fraction of sp³-hybridized carbons (Fsp3) is 0.250. The van der Waals surface area contributed by atoms with Crippen LogP contribution >= 0.6 is 11.3 Å². The highest BCUT2D eigenvalue weighted by molar-refractivity contribution is 7.21. The monoisotopic (exact) mass is 278 g/mol. The van der Waals surface area contributed by atoms with Gasteiger partial charge in [-0.2, -0.15) is 0 Å². The molecule has 7 heteroatoms. The van der Waals surface area contributed by atoms with Crippen molar-refractivity contribution in [3.8, 4) is 0 Å². The van der Waals surface area contributed by atoms with Crippen LogP contribution in [0.4, 0.5) is 5.69 Å². The first-order valence-corrected chi connectivity index (χ1v) is 6.44. The third-order valence-electron chi connectivity index (χ3n) is 2.65. The zero-order chi connectivity index (χ0) is 14.2. The van der Waals surface area contributed by atoms with Gasteiger partial charge in [-0.1, -0.05) is 0 Å². The molecule has 6 nitrogen and oxygen atoms in total. The second kappa shape index (κ2) is 4.85. The number of pyridine rings is 1. The Morgan fingerprint density at radius 3 is 2.74 bits per heavy atom. The number of carbonyl (C=O) groups is 2. The minimum absolute atomic E-state index is 0.206. The van der Waals surface area contributed by atoms with E-state index < -0.39 is 11.8 Å². The fourth-order valence-corrected chi connectivity index (χ4v) is 3.08. The predicted molar refractivity (Wildman–Crippen MR) is 75.0 cm³/mol. The number of primary amides is 1. The van der Waals surface area contributed by atoms with Gasteiger partial charge in [0.15, 0.2) is 0 Å². The molecule has 0 aliphatic carbocycles. The molecule has 2 heterocycles. The Balaban J connectivity index is 2.45. The molecule has 19 heavy (non-hydrogen) atoms. The van der Waals surface area contributed by atoms with Crippen LogP contribution in [0, 0.1) is 13.8 Å². The number of fused-ring (bicyclic) bond motifs is 1. The number of anilines is 1. The molecule has 0 radical (unpaired) electrons. The van der Waals surface area contributed by atoms with Crippen molar-refractivity contribution >= 4 is 38.9 Å². The van der Waals surface area contributed by atoms with Gasteiger partial charge in [0.25, 0.3) is 5.91 Å². The van der Waals surface area contributed by atoms with Crippen LogP contribution in [0.15, 0.2) is 6.07 Å². The van der Waals surface area contributed by atoms with Crippen LogP contribution < -0.4 is 16.8 Å². The van der Waals surface area contributed by atoms with Gasteiger partial charge in [-0.25, -0.2) is 0 Å². The Kier molecular flexibility index (Phi) is 3.39. The van der Waals surface area contributed by atoms with Gasteiger partial charge in [-0.15, -0.1) is 11.3 Å². The summed E-state index contributed by atoms with van der Waals surface area (Å²) in [5, 5.41) is 3.22. The first kappa shape index (κ1) is 13.3. The zero-order valence-corrected chi connectivity index (χ0v) is 11.4. The summed E-state index contributed by atoms with van der Waals surface area (Å²) in [5.74, 6) is -0.990. The van der Waals surface area contributed by atoms with Crippen LogP contribution in [0.3, 0.4) is 0 Å². The fourth-order valence-electron chi connectivity index (χ4n) is 1.90. The summed E-state index contributed by atoms with van der Waals surface area (Å²) in [7, 11) is 0. The molecule has 0 aliphatic heterocycles. The molecule has 0 fully saturated rings. The van der Waals surface area contributed by atoms with Crippen molar-refractivity contribution in [2.24, 2.45) is 5.73 Å². The Morgan fingerprint density at radius 2 is 2.11 bits per heavy atom. The number of rotatable bonds is 3. The van der Waals surface area contributed by atoms with E-state index in [-0.39, 0.29) is 6.54 Å². The third kappa shape index (κ3) is 2.50. The second-order valence-corrected chi connectivity index (χ2v) is 5.27. The van der Waals surface area contributed by atoms with E-state index in [0.29, 0.717) is 10.6 Å². The summed E-state index contributed by atoms with van der Waals surface area (Å²) < 4.78 is 0.909. The molecule has 0 aromatic carbocycles. The van der Waals surface area contributed by atoms with E-state index >= 15 is 0 Å². The normalized spacial score (nSPS) is 10.6. The summed E-state index contributed by atoms with van der Waals surface area (Å²) in [5.41, 5.74) is 13.0. The number of hydrogen-bond acceptors (Lipinski definition) is 5. The highest BCUT2D eigenvalue weighted by atomic mass is 32.1. The number of thiophene rings is 1. The van der Waals surface area contributed by atoms with Crippen LogP contribution in [-0.2, 0) is 4.79 Å². The lowest BCUT2D eigenvalue weighted by Crippen LogP contribution is -2.33. The lowest BCUT2D eigenvalue weighted by molar-refractivity contribution is -0.117. The smallest absolute Gasteiger partial charge is 0.263 e. The standard InChI is InChI=1S/C12H14N4O2S/c1-5-3-7-9(6(2)16-5)10(14)11(19-7)12(18)15-4-8(13)17/h3H,4,14H2,1-2H3,(H2,13,17)(H,15,18). The van der Waals surface area contributed by atoms with Crippen molar-refractivity contribution in [2.75, 3.05) is 12.3 Å². The minimum Gasteiger partial charge on any atom is -0.397 e. The Morgan fingerprint density at radius 1 is 1.42 bits per heavy atom. The topological polar surface area (TPSA) is 111 Å².